The molecule has 2 N–H and O–H groups in total. The molecule has 0 saturated heterocycles. The van der Waals surface area contributed by atoms with Crippen LogP contribution in [0.3, 0.4) is 0 Å². The summed E-state index contributed by atoms with van der Waals surface area (Å²) >= 11 is 0. The van der Waals surface area contributed by atoms with Gasteiger partial charge in [0.15, 0.2) is 0 Å². The predicted octanol–water partition coefficient (Wildman–Crippen LogP) is 1.30. The third-order valence-corrected chi connectivity index (χ3v) is 3.45. The van der Waals surface area contributed by atoms with Crippen LogP contribution in [0.25, 0.3) is 0 Å². The second kappa shape index (κ2) is 2.84. The highest BCUT2D eigenvalue weighted by molar-refractivity contribution is 5.99. The van der Waals surface area contributed by atoms with E-state index < -0.39 is 11.4 Å². The zero-order valence-electron chi connectivity index (χ0n) is 8.62. The van der Waals surface area contributed by atoms with E-state index in [1.54, 1.807) is 6.07 Å². The zero-order chi connectivity index (χ0) is 11.3. The molecule has 1 aromatic rings. The molecule has 3 rings (SSSR count). The van der Waals surface area contributed by atoms with Crippen LogP contribution in [0.5, 0.6) is 0 Å². The number of carbonyl (C=O) groups is 2. The summed E-state index contributed by atoms with van der Waals surface area (Å²) in [6.07, 6.45) is 1.78. The van der Waals surface area contributed by atoms with E-state index in [0.717, 1.165) is 16.8 Å². The summed E-state index contributed by atoms with van der Waals surface area (Å²) in [5.74, 6) is -0.788. The van der Waals surface area contributed by atoms with Crippen molar-refractivity contribution in [1.82, 2.24) is 0 Å². The number of hydrogen-bond acceptors (Lipinski definition) is 2. The second-order valence-corrected chi connectivity index (χ2v) is 4.48. The van der Waals surface area contributed by atoms with Crippen LogP contribution < -0.4 is 5.32 Å². The summed E-state index contributed by atoms with van der Waals surface area (Å²) in [5.41, 5.74) is 1.84. The molecule has 1 aromatic carbocycles. The zero-order valence-corrected chi connectivity index (χ0v) is 8.62. The van der Waals surface area contributed by atoms with E-state index in [4.69, 9.17) is 0 Å². The van der Waals surface area contributed by atoms with E-state index in [1.807, 2.05) is 12.1 Å². The number of amides is 1. The molecular formula is C12H11NO3. The lowest BCUT2D eigenvalue weighted by Gasteiger charge is -2.11. The summed E-state index contributed by atoms with van der Waals surface area (Å²) in [7, 11) is 0. The minimum atomic E-state index is -0.767. The molecule has 1 fully saturated rings. The van der Waals surface area contributed by atoms with Crippen LogP contribution in [-0.2, 0) is 21.4 Å². The van der Waals surface area contributed by atoms with Crippen LogP contribution in [0.1, 0.15) is 24.0 Å². The highest BCUT2D eigenvalue weighted by Gasteiger charge is 2.51. The summed E-state index contributed by atoms with van der Waals surface area (Å²) in [5, 5.41) is 11.9. The molecule has 1 amide bonds. The van der Waals surface area contributed by atoms with Gasteiger partial charge in [0.2, 0.25) is 5.91 Å². The van der Waals surface area contributed by atoms with E-state index in [1.165, 1.54) is 0 Å². The number of fused-ring (bicyclic) bond motifs is 1. The van der Waals surface area contributed by atoms with Crippen molar-refractivity contribution in [2.45, 2.75) is 24.7 Å². The fraction of sp³-hybridized carbons (Fsp3) is 0.333. The highest BCUT2D eigenvalue weighted by Crippen LogP contribution is 2.49. The Morgan fingerprint density at radius 1 is 1.38 bits per heavy atom. The van der Waals surface area contributed by atoms with E-state index in [2.05, 4.69) is 5.32 Å². The average Bonchev–Trinajstić information content (AvgIpc) is 2.95. The Labute approximate surface area is 92.3 Å². The van der Waals surface area contributed by atoms with Gasteiger partial charge in [0.25, 0.3) is 0 Å². The first-order valence-electron chi connectivity index (χ1n) is 5.28. The van der Waals surface area contributed by atoms with Gasteiger partial charge in [0, 0.05) is 5.69 Å². The van der Waals surface area contributed by atoms with Crippen molar-refractivity contribution in [3.63, 3.8) is 0 Å². The Bertz CT molecular complexity index is 503. The summed E-state index contributed by atoms with van der Waals surface area (Å²) < 4.78 is 0. The summed E-state index contributed by atoms with van der Waals surface area (Å²) in [4.78, 5) is 22.3. The molecule has 1 heterocycles. The minimum absolute atomic E-state index is 0.0210. The van der Waals surface area contributed by atoms with Crippen LogP contribution >= 0.6 is 0 Å². The van der Waals surface area contributed by atoms with Gasteiger partial charge in [0.05, 0.1) is 11.8 Å². The lowest BCUT2D eigenvalue weighted by Crippen LogP contribution is -2.19. The molecule has 1 aliphatic heterocycles. The van der Waals surface area contributed by atoms with Crippen molar-refractivity contribution in [1.29, 1.82) is 0 Å². The van der Waals surface area contributed by atoms with Crippen molar-refractivity contribution in [2.24, 2.45) is 0 Å². The Morgan fingerprint density at radius 2 is 2.12 bits per heavy atom. The number of carbonyl (C=O) groups excluding carboxylic acids is 1. The molecule has 4 heteroatoms. The SMILES string of the molecule is O=C1Cc2ccc(C3(C(=O)O)CC3)cc2N1. The molecule has 1 aliphatic carbocycles. The van der Waals surface area contributed by atoms with E-state index >= 15 is 0 Å². The standard InChI is InChI=1S/C12H11NO3/c14-10-5-7-1-2-8(6-9(7)13-10)12(3-4-12)11(15)16/h1-2,6H,3-5H2,(H,13,14)(H,15,16). The molecule has 0 aromatic heterocycles. The maximum absolute atomic E-state index is 11.2. The molecule has 82 valence electrons. The van der Waals surface area contributed by atoms with Crippen molar-refractivity contribution in [3.8, 4) is 0 Å². The smallest absolute Gasteiger partial charge is 0.314 e. The fourth-order valence-corrected chi connectivity index (χ4v) is 2.26. The number of carboxylic acid groups (broad SMARTS) is 1. The first kappa shape index (κ1) is 9.39. The molecule has 0 unspecified atom stereocenters. The number of aliphatic carboxylic acids is 1. The number of benzene rings is 1. The largest absolute Gasteiger partial charge is 0.481 e. The van der Waals surface area contributed by atoms with Gasteiger partial charge in [-0.1, -0.05) is 12.1 Å². The van der Waals surface area contributed by atoms with Crippen LogP contribution in [-0.4, -0.2) is 17.0 Å². The normalized spacial score (nSPS) is 20.1. The Hall–Kier alpha value is -1.84. The summed E-state index contributed by atoms with van der Waals surface area (Å²) in [6, 6.07) is 5.49. The molecule has 0 radical (unpaired) electrons. The topological polar surface area (TPSA) is 66.4 Å². The van der Waals surface area contributed by atoms with Crippen LogP contribution in [0.2, 0.25) is 0 Å². The van der Waals surface area contributed by atoms with E-state index in [-0.39, 0.29) is 5.91 Å². The molecule has 2 aliphatic rings. The van der Waals surface area contributed by atoms with Gasteiger partial charge in [-0.3, -0.25) is 9.59 Å². The minimum Gasteiger partial charge on any atom is -0.481 e. The Balaban J connectivity index is 2.03. The highest BCUT2D eigenvalue weighted by atomic mass is 16.4. The maximum atomic E-state index is 11.2. The molecule has 0 spiro atoms. The van der Waals surface area contributed by atoms with Gasteiger partial charge in [-0.15, -0.1) is 0 Å². The molecular weight excluding hydrogens is 206 g/mol. The maximum Gasteiger partial charge on any atom is 0.314 e. The molecule has 4 nitrogen and oxygen atoms in total. The van der Waals surface area contributed by atoms with Crippen molar-refractivity contribution >= 4 is 17.6 Å². The average molecular weight is 217 g/mol. The number of rotatable bonds is 2. The van der Waals surface area contributed by atoms with Gasteiger partial charge in [-0.25, -0.2) is 0 Å². The van der Waals surface area contributed by atoms with Crippen LogP contribution in [0, 0.1) is 0 Å². The monoisotopic (exact) mass is 217 g/mol. The number of carboxylic acids is 1. The van der Waals surface area contributed by atoms with E-state index in [9.17, 15) is 14.7 Å². The number of nitrogens with one attached hydrogen (secondary N) is 1. The molecule has 0 atom stereocenters. The molecule has 16 heavy (non-hydrogen) atoms. The molecule has 0 bridgehead atoms. The van der Waals surface area contributed by atoms with Gasteiger partial charge >= 0.3 is 5.97 Å². The lowest BCUT2D eigenvalue weighted by molar-refractivity contribution is -0.140. The third-order valence-electron chi connectivity index (χ3n) is 3.45. The van der Waals surface area contributed by atoms with Gasteiger partial charge in [0.1, 0.15) is 0 Å². The van der Waals surface area contributed by atoms with E-state index in [0.29, 0.717) is 19.3 Å². The third kappa shape index (κ3) is 1.16. The second-order valence-electron chi connectivity index (χ2n) is 4.48. The lowest BCUT2D eigenvalue weighted by atomic mass is 9.94. The Morgan fingerprint density at radius 3 is 2.75 bits per heavy atom. The summed E-state index contributed by atoms with van der Waals surface area (Å²) in [6.45, 7) is 0. The van der Waals surface area contributed by atoms with Gasteiger partial charge in [-0.05, 0) is 30.0 Å². The first-order valence-corrected chi connectivity index (χ1v) is 5.28. The van der Waals surface area contributed by atoms with Crippen LogP contribution in [0.4, 0.5) is 5.69 Å². The fourth-order valence-electron chi connectivity index (χ4n) is 2.26. The number of hydrogen-bond donors (Lipinski definition) is 2. The molecule has 1 saturated carbocycles. The van der Waals surface area contributed by atoms with Crippen molar-refractivity contribution in [3.05, 3.63) is 29.3 Å². The number of anilines is 1. The van der Waals surface area contributed by atoms with Crippen molar-refractivity contribution in [2.75, 3.05) is 5.32 Å². The predicted molar refractivity (Wildman–Crippen MR) is 57.3 cm³/mol. The van der Waals surface area contributed by atoms with Gasteiger partial charge in [-0.2, -0.15) is 0 Å². The first-order chi connectivity index (χ1) is 7.62. The Kier molecular flexibility index (Phi) is 1.67. The van der Waals surface area contributed by atoms with Crippen LogP contribution in [0.15, 0.2) is 18.2 Å². The van der Waals surface area contributed by atoms with Gasteiger partial charge < -0.3 is 10.4 Å². The van der Waals surface area contributed by atoms with Crippen molar-refractivity contribution < 1.29 is 14.7 Å². The quantitative estimate of drug-likeness (QED) is 0.784.